The van der Waals surface area contributed by atoms with Gasteiger partial charge in [0.05, 0.1) is 0 Å². The fourth-order valence-electron chi connectivity index (χ4n) is 3.40. The number of hydrogen-bond donors (Lipinski definition) is 2. The van der Waals surface area contributed by atoms with Crippen molar-refractivity contribution in [2.24, 2.45) is 0 Å². The number of urea groups is 1. The lowest BCUT2D eigenvalue weighted by Gasteiger charge is -2.18. The van der Waals surface area contributed by atoms with Crippen molar-refractivity contribution >= 4 is 17.3 Å². The summed E-state index contributed by atoms with van der Waals surface area (Å²) in [6.45, 7) is 2.80. The van der Waals surface area contributed by atoms with Gasteiger partial charge in [-0.15, -0.1) is 0 Å². The van der Waals surface area contributed by atoms with E-state index in [1.165, 1.54) is 6.07 Å². The Kier molecular flexibility index (Phi) is 4.24. The van der Waals surface area contributed by atoms with Crippen LogP contribution in [0.15, 0.2) is 48.5 Å². The van der Waals surface area contributed by atoms with Crippen LogP contribution < -0.4 is 10.6 Å². The largest absolute Gasteiger partial charge is 0.322 e. The van der Waals surface area contributed by atoms with Gasteiger partial charge in [0.2, 0.25) is 0 Å². The van der Waals surface area contributed by atoms with Crippen molar-refractivity contribution in [3.05, 3.63) is 71.0 Å². The van der Waals surface area contributed by atoms with E-state index < -0.39 is 0 Å². The second kappa shape index (κ2) is 6.69. The Morgan fingerprint density at radius 3 is 2.52 bits per heavy atom. The van der Waals surface area contributed by atoms with Crippen LogP contribution in [0.25, 0.3) is 5.57 Å². The molecule has 0 saturated carbocycles. The zero-order chi connectivity index (χ0) is 17.2. The van der Waals surface area contributed by atoms with Crippen LogP contribution in [-0.4, -0.2) is 24.0 Å². The normalized spacial score (nSPS) is 16.4. The maximum absolute atomic E-state index is 14.5. The van der Waals surface area contributed by atoms with Crippen LogP contribution in [0.5, 0.6) is 0 Å². The molecule has 128 valence electrons. The van der Waals surface area contributed by atoms with Crippen LogP contribution in [0.1, 0.15) is 23.1 Å². The molecular formula is C20H20FN3O. The van der Waals surface area contributed by atoms with E-state index in [4.69, 9.17) is 0 Å². The maximum Gasteiger partial charge on any atom is 0.322 e. The highest BCUT2D eigenvalue weighted by Crippen LogP contribution is 2.26. The van der Waals surface area contributed by atoms with E-state index in [9.17, 15) is 9.18 Å². The Morgan fingerprint density at radius 2 is 1.88 bits per heavy atom. The number of nitrogens with one attached hydrogen (secondary N) is 2. The summed E-state index contributed by atoms with van der Waals surface area (Å²) in [4.78, 5) is 14.2. The first-order chi connectivity index (χ1) is 12.2. The molecule has 2 aromatic carbocycles. The molecule has 25 heavy (non-hydrogen) atoms. The Hall–Kier alpha value is -2.66. The van der Waals surface area contributed by atoms with E-state index in [0.717, 1.165) is 36.2 Å². The van der Waals surface area contributed by atoms with Crippen molar-refractivity contribution < 1.29 is 9.18 Å². The van der Waals surface area contributed by atoms with E-state index in [1.807, 2.05) is 30.3 Å². The molecule has 0 bridgehead atoms. The lowest BCUT2D eigenvalue weighted by molar-refractivity contribution is 0.212. The molecule has 2 aliphatic heterocycles. The zero-order valence-corrected chi connectivity index (χ0v) is 13.9. The number of carbonyl (C=O) groups excluding carboxylic acids is 1. The van der Waals surface area contributed by atoms with E-state index in [2.05, 4.69) is 10.6 Å². The SMILES string of the molecule is O=C(Nc1ccc(C2=CCNCC2)c(F)c1)N1Cc2ccccc2C1. The highest BCUT2D eigenvalue weighted by molar-refractivity contribution is 5.90. The molecule has 0 spiro atoms. The van der Waals surface area contributed by atoms with Crippen molar-refractivity contribution in [1.29, 1.82) is 0 Å². The van der Waals surface area contributed by atoms with Crippen LogP contribution >= 0.6 is 0 Å². The monoisotopic (exact) mass is 337 g/mol. The lowest BCUT2D eigenvalue weighted by atomic mass is 9.99. The van der Waals surface area contributed by atoms with Crippen molar-refractivity contribution in [3.63, 3.8) is 0 Å². The fourth-order valence-corrected chi connectivity index (χ4v) is 3.40. The highest BCUT2D eigenvalue weighted by atomic mass is 19.1. The Morgan fingerprint density at radius 1 is 1.12 bits per heavy atom. The smallest absolute Gasteiger partial charge is 0.316 e. The molecule has 5 heteroatoms. The molecule has 2 aliphatic rings. The Bertz CT molecular complexity index is 822. The first kappa shape index (κ1) is 15.8. The zero-order valence-electron chi connectivity index (χ0n) is 13.9. The molecule has 0 fully saturated rings. The van der Waals surface area contributed by atoms with Gasteiger partial charge in [-0.25, -0.2) is 9.18 Å². The van der Waals surface area contributed by atoms with E-state index in [1.54, 1.807) is 17.0 Å². The summed E-state index contributed by atoms with van der Waals surface area (Å²) < 4.78 is 14.5. The van der Waals surface area contributed by atoms with Crippen molar-refractivity contribution in [2.45, 2.75) is 19.5 Å². The van der Waals surface area contributed by atoms with Gasteiger partial charge in [-0.1, -0.05) is 30.3 Å². The molecule has 2 N–H and O–H groups in total. The number of rotatable bonds is 2. The topological polar surface area (TPSA) is 44.4 Å². The number of hydrogen-bond acceptors (Lipinski definition) is 2. The van der Waals surface area contributed by atoms with Gasteiger partial charge in [-0.3, -0.25) is 0 Å². The van der Waals surface area contributed by atoms with Gasteiger partial charge in [0, 0.05) is 30.9 Å². The third-order valence-electron chi connectivity index (χ3n) is 4.76. The number of nitrogens with zero attached hydrogens (tertiary/aromatic N) is 1. The number of halogens is 1. The molecule has 4 nitrogen and oxygen atoms in total. The predicted molar refractivity (Wildman–Crippen MR) is 96.6 cm³/mol. The Balaban J connectivity index is 1.45. The summed E-state index contributed by atoms with van der Waals surface area (Å²) in [6.07, 6.45) is 2.83. The minimum Gasteiger partial charge on any atom is -0.316 e. The summed E-state index contributed by atoms with van der Waals surface area (Å²) in [5.41, 5.74) is 4.45. The van der Waals surface area contributed by atoms with Gasteiger partial charge in [-0.2, -0.15) is 0 Å². The summed E-state index contributed by atoms with van der Waals surface area (Å²) >= 11 is 0. The van der Waals surface area contributed by atoms with E-state index >= 15 is 0 Å². The van der Waals surface area contributed by atoms with E-state index in [0.29, 0.717) is 24.3 Å². The first-order valence-electron chi connectivity index (χ1n) is 8.53. The molecule has 2 aromatic rings. The van der Waals surface area contributed by atoms with Crippen LogP contribution in [0.2, 0.25) is 0 Å². The number of amides is 2. The van der Waals surface area contributed by atoms with Crippen LogP contribution in [0.3, 0.4) is 0 Å². The quantitative estimate of drug-likeness (QED) is 0.876. The van der Waals surface area contributed by atoms with Crippen molar-refractivity contribution in [2.75, 3.05) is 18.4 Å². The number of anilines is 1. The standard InChI is InChI=1S/C20H20FN3O/c21-19-11-17(5-6-18(19)14-7-9-22-10-8-14)23-20(25)24-12-15-3-1-2-4-16(15)13-24/h1-7,11,22H,8-10,12-13H2,(H,23,25). The second-order valence-corrected chi connectivity index (χ2v) is 6.43. The molecule has 0 atom stereocenters. The minimum absolute atomic E-state index is 0.204. The molecule has 0 saturated heterocycles. The number of carbonyl (C=O) groups is 1. The molecule has 4 rings (SSSR count). The number of fused-ring (bicyclic) bond motifs is 1. The third kappa shape index (κ3) is 3.28. The third-order valence-corrected chi connectivity index (χ3v) is 4.76. The summed E-state index contributed by atoms with van der Waals surface area (Å²) in [6, 6.07) is 12.7. The van der Waals surface area contributed by atoms with Crippen LogP contribution in [0.4, 0.5) is 14.9 Å². The summed E-state index contributed by atoms with van der Waals surface area (Å²) in [5, 5.41) is 6.02. The van der Waals surface area contributed by atoms with Gasteiger partial charge in [-0.05, 0) is 47.9 Å². The molecule has 0 unspecified atom stereocenters. The van der Waals surface area contributed by atoms with Gasteiger partial charge < -0.3 is 15.5 Å². The second-order valence-electron chi connectivity index (χ2n) is 6.43. The molecule has 2 amide bonds. The van der Waals surface area contributed by atoms with Gasteiger partial charge >= 0.3 is 6.03 Å². The summed E-state index contributed by atoms with van der Waals surface area (Å²) in [5.74, 6) is -0.296. The van der Waals surface area contributed by atoms with Crippen LogP contribution in [-0.2, 0) is 13.1 Å². The molecule has 0 radical (unpaired) electrons. The molecular weight excluding hydrogens is 317 g/mol. The van der Waals surface area contributed by atoms with Crippen molar-refractivity contribution in [1.82, 2.24) is 10.2 Å². The van der Waals surface area contributed by atoms with E-state index in [-0.39, 0.29) is 11.8 Å². The average molecular weight is 337 g/mol. The molecule has 0 aromatic heterocycles. The Labute approximate surface area is 146 Å². The van der Waals surface area contributed by atoms with Gasteiger partial charge in [0.1, 0.15) is 5.82 Å². The van der Waals surface area contributed by atoms with Gasteiger partial charge in [0.15, 0.2) is 0 Å². The molecule has 0 aliphatic carbocycles. The highest BCUT2D eigenvalue weighted by Gasteiger charge is 2.23. The van der Waals surface area contributed by atoms with Crippen molar-refractivity contribution in [3.8, 4) is 0 Å². The predicted octanol–water partition coefficient (Wildman–Crippen LogP) is 3.75. The van der Waals surface area contributed by atoms with Gasteiger partial charge in [0.25, 0.3) is 0 Å². The average Bonchev–Trinajstić information content (AvgIpc) is 3.07. The lowest BCUT2D eigenvalue weighted by Crippen LogP contribution is -2.30. The molecule has 2 heterocycles. The fraction of sp³-hybridized carbons (Fsp3) is 0.250. The first-order valence-corrected chi connectivity index (χ1v) is 8.53. The number of benzene rings is 2. The van der Waals surface area contributed by atoms with Crippen LogP contribution in [0, 0.1) is 5.82 Å². The minimum atomic E-state index is -0.296. The maximum atomic E-state index is 14.5. The summed E-state index contributed by atoms with van der Waals surface area (Å²) in [7, 11) is 0.